The Kier molecular flexibility index (Phi) is 3.52. The third kappa shape index (κ3) is 2.58. The van der Waals surface area contributed by atoms with E-state index in [1.807, 2.05) is 6.92 Å². The first-order valence-corrected chi connectivity index (χ1v) is 4.89. The van der Waals surface area contributed by atoms with Crippen molar-refractivity contribution in [3.8, 4) is 0 Å². The number of hydrogen-bond acceptors (Lipinski definition) is 2. The van der Waals surface area contributed by atoms with Gasteiger partial charge < -0.3 is 4.74 Å². The molecular formula is C11H18O2. The van der Waals surface area contributed by atoms with E-state index in [1.54, 1.807) is 0 Å². The van der Waals surface area contributed by atoms with Crippen LogP contribution in [0.5, 0.6) is 0 Å². The van der Waals surface area contributed by atoms with Crippen molar-refractivity contribution >= 4 is 6.47 Å². The van der Waals surface area contributed by atoms with Crippen LogP contribution in [-0.4, -0.2) is 12.6 Å². The molecular weight excluding hydrogens is 164 g/mol. The summed E-state index contributed by atoms with van der Waals surface area (Å²) in [6.07, 6.45) is 3.38. The molecule has 3 unspecified atom stereocenters. The van der Waals surface area contributed by atoms with E-state index in [-0.39, 0.29) is 6.10 Å². The van der Waals surface area contributed by atoms with Crippen molar-refractivity contribution in [1.29, 1.82) is 0 Å². The van der Waals surface area contributed by atoms with Crippen molar-refractivity contribution in [2.45, 2.75) is 39.2 Å². The van der Waals surface area contributed by atoms with Gasteiger partial charge in [0.2, 0.25) is 0 Å². The maximum absolute atomic E-state index is 10.3. The highest BCUT2D eigenvalue weighted by molar-refractivity contribution is 5.37. The summed E-state index contributed by atoms with van der Waals surface area (Å²) in [5.41, 5.74) is 1.14. The second kappa shape index (κ2) is 4.45. The fourth-order valence-corrected chi connectivity index (χ4v) is 2.11. The Morgan fingerprint density at radius 1 is 1.54 bits per heavy atom. The summed E-state index contributed by atoms with van der Waals surface area (Å²) >= 11 is 0. The first-order chi connectivity index (χ1) is 6.15. The Balaban J connectivity index is 2.59. The van der Waals surface area contributed by atoms with Crippen molar-refractivity contribution in [2.75, 3.05) is 0 Å². The standard InChI is InChI=1S/C11H18O2/c1-8(2)10-5-4-9(3)6-11(10)13-7-12/h7,9-11H,1,4-6H2,2-3H3. The molecule has 0 aromatic heterocycles. The van der Waals surface area contributed by atoms with Crippen LogP contribution in [0.15, 0.2) is 12.2 Å². The molecule has 0 bridgehead atoms. The van der Waals surface area contributed by atoms with E-state index >= 15 is 0 Å². The summed E-state index contributed by atoms with van der Waals surface area (Å²) in [6, 6.07) is 0. The van der Waals surface area contributed by atoms with E-state index in [9.17, 15) is 4.79 Å². The van der Waals surface area contributed by atoms with E-state index in [2.05, 4.69) is 13.5 Å². The van der Waals surface area contributed by atoms with Gasteiger partial charge in [-0.3, -0.25) is 4.79 Å². The van der Waals surface area contributed by atoms with Gasteiger partial charge in [-0.15, -0.1) is 0 Å². The summed E-state index contributed by atoms with van der Waals surface area (Å²) in [4.78, 5) is 10.3. The van der Waals surface area contributed by atoms with Gasteiger partial charge in [0.15, 0.2) is 0 Å². The van der Waals surface area contributed by atoms with Gasteiger partial charge in [-0.2, -0.15) is 0 Å². The lowest BCUT2D eigenvalue weighted by Crippen LogP contribution is -2.31. The maximum atomic E-state index is 10.3. The van der Waals surface area contributed by atoms with Crippen LogP contribution in [0.3, 0.4) is 0 Å². The molecule has 0 radical (unpaired) electrons. The predicted octanol–water partition coefficient (Wildman–Crippen LogP) is 2.54. The summed E-state index contributed by atoms with van der Waals surface area (Å²) < 4.78 is 5.09. The Labute approximate surface area is 80.0 Å². The average molecular weight is 182 g/mol. The summed E-state index contributed by atoms with van der Waals surface area (Å²) in [6.45, 7) is 8.73. The smallest absolute Gasteiger partial charge is 0.293 e. The summed E-state index contributed by atoms with van der Waals surface area (Å²) in [5, 5.41) is 0. The van der Waals surface area contributed by atoms with Gasteiger partial charge in [0.05, 0.1) is 0 Å². The van der Waals surface area contributed by atoms with Crippen LogP contribution in [0.4, 0.5) is 0 Å². The van der Waals surface area contributed by atoms with Crippen molar-refractivity contribution in [3.05, 3.63) is 12.2 Å². The molecule has 1 aliphatic rings. The van der Waals surface area contributed by atoms with Gasteiger partial charge in [-0.25, -0.2) is 0 Å². The predicted molar refractivity (Wildman–Crippen MR) is 52.3 cm³/mol. The third-order valence-electron chi connectivity index (χ3n) is 2.92. The van der Waals surface area contributed by atoms with Crippen LogP contribution in [0, 0.1) is 11.8 Å². The van der Waals surface area contributed by atoms with Crippen molar-refractivity contribution < 1.29 is 9.53 Å². The molecule has 1 saturated carbocycles. The van der Waals surface area contributed by atoms with Crippen LogP contribution in [0.2, 0.25) is 0 Å². The summed E-state index contributed by atoms with van der Waals surface area (Å²) in [7, 11) is 0. The van der Waals surface area contributed by atoms with Gasteiger partial charge in [0.25, 0.3) is 6.47 Å². The highest BCUT2D eigenvalue weighted by atomic mass is 16.5. The molecule has 2 nitrogen and oxygen atoms in total. The van der Waals surface area contributed by atoms with Gasteiger partial charge >= 0.3 is 0 Å². The summed E-state index contributed by atoms with van der Waals surface area (Å²) in [5.74, 6) is 1.04. The Bertz CT molecular complexity index is 198. The molecule has 0 amide bonds. The molecule has 0 N–H and O–H groups in total. The van der Waals surface area contributed by atoms with Crippen molar-refractivity contribution in [2.24, 2.45) is 11.8 Å². The Hall–Kier alpha value is -0.790. The first-order valence-electron chi connectivity index (χ1n) is 4.89. The molecule has 0 aromatic carbocycles. The normalized spacial score (nSPS) is 33.8. The number of hydrogen-bond donors (Lipinski definition) is 0. The lowest BCUT2D eigenvalue weighted by Gasteiger charge is -2.33. The molecule has 0 aromatic rings. The molecule has 2 heteroatoms. The zero-order valence-corrected chi connectivity index (χ0v) is 8.45. The van der Waals surface area contributed by atoms with Crippen molar-refractivity contribution in [3.63, 3.8) is 0 Å². The van der Waals surface area contributed by atoms with Gasteiger partial charge in [-0.05, 0) is 32.1 Å². The minimum atomic E-state index is 0.0683. The van der Waals surface area contributed by atoms with Crippen LogP contribution >= 0.6 is 0 Å². The lowest BCUT2D eigenvalue weighted by atomic mass is 9.78. The third-order valence-corrected chi connectivity index (χ3v) is 2.92. The zero-order valence-electron chi connectivity index (χ0n) is 8.45. The molecule has 0 heterocycles. The second-order valence-electron chi connectivity index (χ2n) is 4.14. The molecule has 1 fully saturated rings. The largest absolute Gasteiger partial charge is 0.464 e. The van der Waals surface area contributed by atoms with E-state index < -0.39 is 0 Å². The molecule has 74 valence electrons. The van der Waals surface area contributed by atoms with Gasteiger partial charge in [0.1, 0.15) is 6.10 Å². The van der Waals surface area contributed by atoms with E-state index in [0.29, 0.717) is 18.3 Å². The van der Waals surface area contributed by atoms with Crippen LogP contribution in [-0.2, 0) is 9.53 Å². The number of ether oxygens (including phenoxy) is 1. The van der Waals surface area contributed by atoms with Crippen LogP contribution < -0.4 is 0 Å². The van der Waals surface area contributed by atoms with Crippen molar-refractivity contribution in [1.82, 2.24) is 0 Å². The molecule has 1 aliphatic carbocycles. The molecule has 1 rings (SSSR count). The minimum Gasteiger partial charge on any atom is -0.464 e. The van der Waals surface area contributed by atoms with Gasteiger partial charge in [-0.1, -0.05) is 19.1 Å². The average Bonchev–Trinajstić information content (AvgIpc) is 2.04. The Morgan fingerprint density at radius 2 is 2.23 bits per heavy atom. The second-order valence-corrected chi connectivity index (χ2v) is 4.14. The fourth-order valence-electron chi connectivity index (χ4n) is 2.11. The topological polar surface area (TPSA) is 26.3 Å². The van der Waals surface area contributed by atoms with Crippen LogP contribution in [0.25, 0.3) is 0 Å². The molecule has 3 atom stereocenters. The number of rotatable bonds is 3. The quantitative estimate of drug-likeness (QED) is 0.495. The SMILES string of the molecule is C=C(C)C1CCC(C)CC1OC=O. The highest BCUT2D eigenvalue weighted by Gasteiger charge is 2.30. The monoisotopic (exact) mass is 182 g/mol. The number of carbonyl (C=O) groups is 1. The number of carbonyl (C=O) groups excluding carboxylic acids is 1. The van der Waals surface area contributed by atoms with E-state index in [4.69, 9.17) is 4.74 Å². The molecule has 13 heavy (non-hydrogen) atoms. The zero-order chi connectivity index (χ0) is 9.84. The molecule has 0 aliphatic heterocycles. The van der Waals surface area contributed by atoms with Gasteiger partial charge in [0, 0.05) is 5.92 Å². The maximum Gasteiger partial charge on any atom is 0.293 e. The minimum absolute atomic E-state index is 0.0683. The Morgan fingerprint density at radius 3 is 2.77 bits per heavy atom. The van der Waals surface area contributed by atoms with E-state index in [0.717, 1.165) is 18.4 Å². The highest BCUT2D eigenvalue weighted by Crippen LogP contribution is 2.34. The van der Waals surface area contributed by atoms with E-state index in [1.165, 1.54) is 6.42 Å². The fraction of sp³-hybridized carbons (Fsp3) is 0.727. The van der Waals surface area contributed by atoms with Crippen LogP contribution in [0.1, 0.15) is 33.1 Å². The molecule has 0 saturated heterocycles. The molecule has 0 spiro atoms. The first kappa shape index (κ1) is 10.3. The lowest BCUT2D eigenvalue weighted by molar-refractivity contribution is -0.137.